The van der Waals surface area contributed by atoms with Crippen molar-refractivity contribution in [2.45, 2.75) is 17.2 Å². The van der Waals surface area contributed by atoms with Crippen LogP contribution in [0.2, 0.25) is 0 Å². The van der Waals surface area contributed by atoms with Gasteiger partial charge in [-0.05, 0) is 29.3 Å². The van der Waals surface area contributed by atoms with Crippen LogP contribution in [-0.4, -0.2) is 31.9 Å². The highest BCUT2D eigenvalue weighted by Crippen LogP contribution is 2.38. The average molecular weight is 459 g/mol. The van der Waals surface area contributed by atoms with Crippen molar-refractivity contribution in [3.8, 4) is 34.8 Å². The molecule has 0 radical (unpaired) electrons. The number of ether oxygens (including phenoxy) is 3. The molecule has 0 fully saturated rings. The second-order valence-corrected chi connectivity index (χ2v) is 8.26. The fraction of sp³-hybridized carbons (Fsp3) is 0.240. The number of hydrogen-bond acceptors (Lipinski definition) is 8. The molecule has 2 aromatic carbocycles. The number of methoxy groups -OCH3 is 1. The Morgan fingerprint density at radius 1 is 1.09 bits per heavy atom. The molecule has 1 aromatic heterocycles. The Kier molecular flexibility index (Phi) is 6.99. The number of nitrogens with two attached hydrogens (primary N) is 1. The number of nitrogen functional groups attached to an aromatic ring is 1. The van der Waals surface area contributed by atoms with Gasteiger partial charge in [0.05, 0.1) is 18.8 Å². The van der Waals surface area contributed by atoms with Crippen LogP contribution in [0.5, 0.6) is 11.5 Å². The summed E-state index contributed by atoms with van der Waals surface area (Å²) in [4.78, 5) is 4.40. The molecule has 0 saturated heterocycles. The van der Waals surface area contributed by atoms with E-state index in [4.69, 9.17) is 19.9 Å². The van der Waals surface area contributed by atoms with E-state index in [1.54, 1.807) is 19.2 Å². The molecule has 0 amide bonds. The van der Waals surface area contributed by atoms with Crippen molar-refractivity contribution >= 4 is 17.6 Å². The van der Waals surface area contributed by atoms with E-state index in [0.29, 0.717) is 53.0 Å². The van der Waals surface area contributed by atoms with E-state index in [0.717, 1.165) is 17.7 Å². The lowest BCUT2D eigenvalue weighted by atomic mass is 9.97. The molecule has 1 aliphatic heterocycles. The summed E-state index contributed by atoms with van der Waals surface area (Å²) in [6.45, 7) is 1.59. The van der Waals surface area contributed by atoms with Crippen molar-refractivity contribution in [1.82, 2.24) is 4.98 Å². The first-order valence-corrected chi connectivity index (χ1v) is 11.4. The number of anilines is 1. The molecular formula is C25H22N4O3S. The molecule has 8 heteroatoms. The van der Waals surface area contributed by atoms with Crippen LogP contribution in [0.3, 0.4) is 0 Å². The highest BCUT2D eigenvalue weighted by atomic mass is 32.2. The third-order valence-electron chi connectivity index (χ3n) is 5.32. The van der Waals surface area contributed by atoms with Crippen LogP contribution in [0, 0.1) is 22.7 Å². The molecule has 0 spiro atoms. The van der Waals surface area contributed by atoms with Gasteiger partial charge in [0.15, 0.2) is 0 Å². The number of aromatic nitrogens is 1. The van der Waals surface area contributed by atoms with Crippen molar-refractivity contribution < 1.29 is 14.2 Å². The van der Waals surface area contributed by atoms with Crippen LogP contribution < -0.4 is 15.2 Å². The zero-order valence-corrected chi connectivity index (χ0v) is 18.9. The Balaban J connectivity index is 1.67. The zero-order valence-electron chi connectivity index (χ0n) is 18.1. The molecule has 33 heavy (non-hydrogen) atoms. The number of benzene rings is 2. The summed E-state index contributed by atoms with van der Waals surface area (Å²) in [5, 5.41) is 20.3. The summed E-state index contributed by atoms with van der Waals surface area (Å²) < 4.78 is 16.3. The van der Waals surface area contributed by atoms with E-state index in [1.165, 1.54) is 17.3 Å². The maximum atomic E-state index is 10.0. The summed E-state index contributed by atoms with van der Waals surface area (Å²) in [6, 6.07) is 17.6. The van der Waals surface area contributed by atoms with E-state index < -0.39 is 0 Å². The van der Waals surface area contributed by atoms with E-state index in [2.05, 4.69) is 23.2 Å². The number of fused-ring (bicyclic) bond motifs is 1. The first kappa shape index (κ1) is 22.5. The summed E-state index contributed by atoms with van der Waals surface area (Å²) in [5.74, 6) is 2.31. The highest BCUT2D eigenvalue weighted by Gasteiger charge is 2.22. The van der Waals surface area contributed by atoms with Gasteiger partial charge in [0.2, 0.25) is 0 Å². The molecule has 166 valence electrons. The lowest BCUT2D eigenvalue weighted by Crippen LogP contribution is -2.05. The average Bonchev–Trinajstić information content (AvgIpc) is 3.32. The first-order chi connectivity index (χ1) is 16.2. The van der Waals surface area contributed by atoms with Crippen LogP contribution in [-0.2, 0) is 16.9 Å². The Hall–Kier alpha value is -3.72. The molecule has 0 aliphatic carbocycles. The van der Waals surface area contributed by atoms with Crippen LogP contribution in [0.25, 0.3) is 11.1 Å². The lowest BCUT2D eigenvalue weighted by Gasteiger charge is -2.14. The van der Waals surface area contributed by atoms with Crippen molar-refractivity contribution in [2.75, 3.05) is 32.7 Å². The minimum atomic E-state index is 0.107. The summed E-state index contributed by atoms with van der Waals surface area (Å²) >= 11 is 1.43. The van der Waals surface area contributed by atoms with E-state index in [9.17, 15) is 10.5 Å². The molecule has 7 nitrogen and oxygen atoms in total. The Morgan fingerprint density at radius 2 is 1.88 bits per heavy atom. The standard InChI is InChI=1S/C25H22N4O3S/c1-30-11-12-31-18-7-5-16(6-8-18)23-20(13-26)24(28)29-25(21(23)14-27)33-15-17-3-2-4-22-19(17)9-10-32-22/h2-8H,9-12,15H2,1H3,(H2,28,29). The minimum absolute atomic E-state index is 0.107. The van der Waals surface area contributed by atoms with Gasteiger partial charge in [-0.1, -0.05) is 24.3 Å². The van der Waals surface area contributed by atoms with Crippen LogP contribution >= 0.6 is 11.8 Å². The predicted octanol–water partition coefficient (Wildman–Crippen LogP) is 4.33. The molecule has 0 bridgehead atoms. The highest BCUT2D eigenvalue weighted by molar-refractivity contribution is 7.98. The minimum Gasteiger partial charge on any atom is -0.493 e. The first-order valence-electron chi connectivity index (χ1n) is 10.4. The summed E-state index contributed by atoms with van der Waals surface area (Å²) in [6.07, 6.45) is 0.865. The lowest BCUT2D eigenvalue weighted by molar-refractivity contribution is 0.146. The van der Waals surface area contributed by atoms with Crippen molar-refractivity contribution in [3.05, 3.63) is 64.7 Å². The van der Waals surface area contributed by atoms with Crippen molar-refractivity contribution in [2.24, 2.45) is 0 Å². The molecule has 2 N–H and O–H groups in total. The normalized spacial score (nSPS) is 11.8. The number of nitrogens with zero attached hydrogens (tertiary/aromatic N) is 3. The quantitative estimate of drug-likeness (QED) is 0.392. The molecule has 0 saturated carbocycles. The molecule has 4 rings (SSSR count). The van der Waals surface area contributed by atoms with Gasteiger partial charge in [-0.3, -0.25) is 0 Å². The molecule has 3 aromatic rings. The summed E-state index contributed by atoms with van der Waals surface area (Å²) in [5.41, 5.74) is 10.2. The second-order valence-electron chi connectivity index (χ2n) is 7.30. The van der Waals surface area contributed by atoms with Crippen molar-refractivity contribution in [1.29, 1.82) is 10.5 Å². The van der Waals surface area contributed by atoms with Gasteiger partial charge in [0, 0.05) is 30.4 Å². The van der Waals surface area contributed by atoms with Gasteiger partial charge in [-0.2, -0.15) is 10.5 Å². The fourth-order valence-corrected chi connectivity index (χ4v) is 4.74. The Morgan fingerprint density at radius 3 is 2.61 bits per heavy atom. The number of rotatable bonds is 8. The summed E-state index contributed by atoms with van der Waals surface area (Å²) in [7, 11) is 1.61. The maximum Gasteiger partial charge on any atom is 0.143 e. The van der Waals surface area contributed by atoms with Crippen molar-refractivity contribution in [3.63, 3.8) is 0 Å². The Labute approximate surface area is 196 Å². The smallest absolute Gasteiger partial charge is 0.143 e. The largest absolute Gasteiger partial charge is 0.493 e. The van der Waals surface area contributed by atoms with Gasteiger partial charge in [-0.25, -0.2) is 4.98 Å². The monoisotopic (exact) mass is 458 g/mol. The number of thioether (sulfide) groups is 1. The van der Waals surface area contributed by atoms with E-state index >= 15 is 0 Å². The molecular weight excluding hydrogens is 436 g/mol. The third kappa shape index (κ3) is 4.73. The second kappa shape index (κ2) is 10.3. The zero-order chi connectivity index (χ0) is 23.2. The van der Waals surface area contributed by atoms with Crippen LogP contribution in [0.1, 0.15) is 22.3 Å². The number of hydrogen-bond donors (Lipinski definition) is 1. The van der Waals surface area contributed by atoms with Crippen LogP contribution in [0.4, 0.5) is 5.82 Å². The maximum absolute atomic E-state index is 10.0. The number of pyridine rings is 1. The molecule has 1 aliphatic rings. The third-order valence-corrected chi connectivity index (χ3v) is 6.34. The van der Waals surface area contributed by atoms with Crippen LogP contribution in [0.15, 0.2) is 47.5 Å². The molecule has 0 unspecified atom stereocenters. The predicted molar refractivity (Wildman–Crippen MR) is 126 cm³/mol. The van der Waals surface area contributed by atoms with Gasteiger partial charge in [0.1, 0.15) is 46.7 Å². The fourth-order valence-electron chi connectivity index (χ4n) is 3.73. The Bertz CT molecular complexity index is 1250. The topological polar surface area (TPSA) is 114 Å². The van der Waals surface area contributed by atoms with Gasteiger partial charge < -0.3 is 19.9 Å². The molecule has 0 atom stereocenters. The van der Waals surface area contributed by atoms with Gasteiger partial charge >= 0.3 is 0 Å². The molecule has 2 heterocycles. The SMILES string of the molecule is COCCOc1ccc(-c2c(C#N)c(N)nc(SCc3cccc4c3CCO4)c2C#N)cc1. The van der Waals surface area contributed by atoms with Gasteiger partial charge in [-0.15, -0.1) is 11.8 Å². The van der Waals surface area contributed by atoms with E-state index in [-0.39, 0.29) is 11.4 Å². The van der Waals surface area contributed by atoms with Gasteiger partial charge in [0.25, 0.3) is 0 Å². The van der Waals surface area contributed by atoms with E-state index in [1.807, 2.05) is 24.3 Å². The number of nitriles is 2.